The van der Waals surface area contributed by atoms with Gasteiger partial charge in [0.2, 0.25) is 6.29 Å². The highest BCUT2D eigenvalue weighted by atomic mass is 16.7. The van der Waals surface area contributed by atoms with Crippen molar-refractivity contribution in [1.82, 2.24) is 5.06 Å². The van der Waals surface area contributed by atoms with Crippen molar-refractivity contribution in [1.29, 1.82) is 0 Å². The lowest BCUT2D eigenvalue weighted by atomic mass is 10.7. The first-order chi connectivity index (χ1) is 4.66. The molecule has 1 atom stereocenters. The van der Waals surface area contributed by atoms with E-state index in [2.05, 4.69) is 4.74 Å². The normalized spacial score (nSPS) is 14.1. The van der Waals surface area contributed by atoms with Crippen LogP contribution in [-0.4, -0.2) is 38.7 Å². The molecule has 0 aliphatic carbocycles. The Labute approximate surface area is 61.3 Å². The molecule has 0 rings (SSSR count). The molecule has 0 aromatic heterocycles. The van der Waals surface area contributed by atoms with Crippen molar-refractivity contribution in [3.8, 4) is 0 Å². The molecule has 0 aliphatic heterocycles. The second-order valence-electron chi connectivity index (χ2n) is 1.99. The summed E-state index contributed by atoms with van der Waals surface area (Å²) in [5.41, 5.74) is 0. The fourth-order valence-electron chi connectivity index (χ4n) is 0.444. The summed E-state index contributed by atoms with van der Waals surface area (Å²) in [5.74, 6) is 0. The molecule has 10 heavy (non-hydrogen) atoms. The average molecular weight is 148 g/mol. The highest BCUT2D eigenvalue weighted by molar-refractivity contribution is 4.32. The Morgan fingerprint density at radius 3 is 2.50 bits per heavy atom. The first-order valence-electron chi connectivity index (χ1n) is 3.24. The van der Waals surface area contributed by atoms with E-state index >= 15 is 0 Å². The first kappa shape index (κ1) is 9.84. The Kier molecular flexibility index (Phi) is 5.52. The van der Waals surface area contributed by atoms with Gasteiger partial charge >= 0.3 is 0 Å². The third kappa shape index (κ3) is 5.97. The van der Waals surface area contributed by atoms with Crippen LogP contribution < -0.4 is 0 Å². The Morgan fingerprint density at radius 2 is 2.10 bits per heavy atom. The Morgan fingerprint density at radius 1 is 1.50 bits per heavy atom. The molecule has 0 saturated carbocycles. The summed E-state index contributed by atoms with van der Waals surface area (Å²) >= 11 is 0. The minimum atomic E-state index is -1.06. The maximum Gasteiger partial charge on any atom is 0.217 e. The monoisotopic (exact) mass is 148 g/mol. The van der Waals surface area contributed by atoms with Crippen LogP contribution in [0.3, 0.4) is 0 Å². The molecule has 0 bridgehead atoms. The Hall–Kier alpha value is -0.160. The molecule has 0 heterocycles. The molecule has 4 nitrogen and oxygen atoms in total. The van der Waals surface area contributed by atoms with Crippen LogP contribution in [0.4, 0.5) is 0 Å². The van der Waals surface area contributed by atoms with Gasteiger partial charge in [-0.3, -0.25) is 4.84 Å². The van der Waals surface area contributed by atoms with Gasteiger partial charge in [-0.15, -0.1) is 0 Å². The molecular weight excluding hydrogens is 134 g/mol. The summed E-state index contributed by atoms with van der Waals surface area (Å²) in [6, 6.07) is 0. The number of hydrogen-bond donors (Lipinski definition) is 0. The van der Waals surface area contributed by atoms with Gasteiger partial charge in [-0.1, -0.05) is 0 Å². The van der Waals surface area contributed by atoms with Gasteiger partial charge in [0.1, 0.15) is 6.61 Å². The third-order valence-corrected chi connectivity index (χ3v) is 0.821. The van der Waals surface area contributed by atoms with E-state index < -0.39 is 6.29 Å². The fourth-order valence-corrected chi connectivity index (χ4v) is 0.444. The SMILES string of the molecule is CCOC([O])CON(C)C. The van der Waals surface area contributed by atoms with Gasteiger partial charge in [0.25, 0.3) is 0 Å². The molecule has 0 spiro atoms. The average Bonchev–Trinajstić information content (AvgIpc) is 1.85. The van der Waals surface area contributed by atoms with E-state index in [0.29, 0.717) is 6.61 Å². The minimum absolute atomic E-state index is 0.0703. The predicted molar refractivity (Wildman–Crippen MR) is 35.7 cm³/mol. The van der Waals surface area contributed by atoms with Crippen molar-refractivity contribution < 1.29 is 14.7 Å². The summed E-state index contributed by atoms with van der Waals surface area (Å²) in [6.07, 6.45) is -1.06. The standard InChI is InChI=1S/C6H14NO3/c1-4-9-6(8)5-10-7(2)3/h6H,4-5H2,1-3H3. The van der Waals surface area contributed by atoms with Crippen LogP contribution in [-0.2, 0) is 14.7 Å². The predicted octanol–water partition coefficient (Wildman–Crippen LogP) is 0.273. The van der Waals surface area contributed by atoms with Gasteiger partial charge in [-0.2, -0.15) is 10.2 Å². The van der Waals surface area contributed by atoms with E-state index in [-0.39, 0.29) is 6.61 Å². The lowest BCUT2D eigenvalue weighted by Gasteiger charge is -2.12. The summed E-state index contributed by atoms with van der Waals surface area (Å²) < 4.78 is 4.69. The van der Waals surface area contributed by atoms with E-state index in [1.807, 2.05) is 0 Å². The van der Waals surface area contributed by atoms with Crippen molar-refractivity contribution in [3.05, 3.63) is 0 Å². The second-order valence-corrected chi connectivity index (χ2v) is 1.99. The zero-order valence-corrected chi connectivity index (χ0v) is 6.66. The van der Waals surface area contributed by atoms with Crippen LogP contribution in [0.5, 0.6) is 0 Å². The molecule has 0 amide bonds. The van der Waals surface area contributed by atoms with Gasteiger partial charge in [0, 0.05) is 20.7 Å². The highest BCUT2D eigenvalue weighted by Crippen LogP contribution is 1.89. The molecule has 0 saturated heterocycles. The molecule has 4 heteroatoms. The molecule has 0 aromatic rings. The van der Waals surface area contributed by atoms with Crippen LogP contribution in [0.2, 0.25) is 0 Å². The molecule has 0 N–H and O–H groups in total. The van der Waals surface area contributed by atoms with E-state index in [4.69, 9.17) is 4.84 Å². The van der Waals surface area contributed by atoms with Crippen molar-refractivity contribution >= 4 is 0 Å². The lowest BCUT2D eigenvalue weighted by Crippen LogP contribution is -2.23. The lowest BCUT2D eigenvalue weighted by molar-refractivity contribution is -0.224. The number of nitrogens with zero attached hydrogens (tertiary/aromatic N) is 1. The van der Waals surface area contributed by atoms with Gasteiger partial charge in [0.15, 0.2) is 0 Å². The zero-order chi connectivity index (χ0) is 7.98. The first-order valence-corrected chi connectivity index (χ1v) is 3.24. The quantitative estimate of drug-likeness (QED) is 0.415. The van der Waals surface area contributed by atoms with Crippen molar-refractivity contribution in [2.75, 3.05) is 27.3 Å². The molecule has 1 radical (unpaired) electrons. The number of rotatable bonds is 5. The van der Waals surface area contributed by atoms with Gasteiger partial charge in [-0.05, 0) is 6.92 Å². The smallest absolute Gasteiger partial charge is 0.217 e. The van der Waals surface area contributed by atoms with Crippen molar-refractivity contribution in [2.24, 2.45) is 0 Å². The van der Waals surface area contributed by atoms with E-state index in [9.17, 15) is 5.11 Å². The number of ether oxygens (including phenoxy) is 1. The van der Waals surface area contributed by atoms with Gasteiger partial charge < -0.3 is 4.74 Å². The maximum absolute atomic E-state index is 10.7. The summed E-state index contributed by atoms with van der Waals surface area (Å²) in [6.45, 7) is 2.28. The summed E-state index contributed by atoms with van der Waals surface area (Å²) in [4.78, 5) is 4.85. The molecule has 1 unspecified atom stereocenters. The van der Waals surface area contributed by atoms with Crippen molar-refractivity contribution in [2.45, 2.75) is 13.2 Å². The van der Waals surface area contributed by atoms with Crippen LogP contribution in [0.25, 0.3) is 0 Å². The molecule has 61 valence electrons. The summed E-state index contributed by atoms with van der Waals surface area (Å²) in [7, 11) is 3.44. The summed E-state index contributed by atoms with van der Waals surface area (Å²) in [5, 5.41) is 12.1. The zero-order valence-electron chi connectivity index (χ0n) is 6.66. The number of hydroxylamine groups is 2. The van der Waals surface area contributed by atoms with Crippen LogP contribution in [0.15, 0.2) is 0 Å². The van der Waals surface area contributed by atoms with E-state index in [0.717, 1.165) is 0 Å². The van der Waals surface area contributed by atoms with E-state index in [1.165, 1.54) is 5.06 Å². The second kappa shape index (κ2) is 5.61. The Bertz CT molecular complexity index is 77.4. The van der Waals surface area contributed by atoms with Crippen molar-refractivity contribution in [3.63, 3.8) is 0 Å². The number of hydrogen-bond acceptors (Lipinski definition) is 3. The van der Waals surface area contributed by atoms with Crippen LogP contribution >= 0.6 is 0 Å². The maximum atomic E-state index is 10.7. The highest BCUT2D eigenvalue weighted by Gasteiger charge is 2.04. The van der Waals surface area contributed by atoms with Gasteiger partial charge in [0.05, 0.1) is 0 Å². The third-order valence-electron chi connectivity index (χ3n) is 0.821. The van der Waals surface area contributed by atoms with E-state index in [1.54, 1.807) is 21.0 Å². The Balaban J connectivity index is 3.12. The van der Waals surface area contributed by atoms with Gasteiger partial charge in [-0.25, -0.2) is 0 Å². The van der Waals surface area contributed by atoms with Crippen LogP contribution in [0, 0.1) is 0 Å². The topological polar surface area (TPSA) is 41.6 Å². The molecule has 0 aliphatic rings. The molecule has 0 fully saturated rings. The fraction of sp³-hybridized carbons (Fsp3) is 1.00. The molecular formula is C6H14NO3. The van der Waals surface area contributed by atoms with Crippen LogP contribution in [0.1, 0.15) is 6.92 Å². The minimum Gasteiger partial charge on any atom is -0.348 e. The molecule has 0 aromatic carbocycles. The largest absolute Gasteiger partial charge is 0.348 e.